The van der Waals surface area contributed by atoms with Gasteiger partial charge in [-0.25, -0.2) is 0 Å². The highest BCUT2D eigenvalue weighted by Gasteiger charge is 2.20. The van der Waals surface area contributed by atoms with Crippen LogP contribution in [0.15, 0.2) is 18.3 Å². The Hall–Kier alpha value is -1.42. The third kappa shape index (κ3) is 1.75. The third-order valence-corrected chi connectivity index (χ3v) is 2.42. The zero-order valence-electron chi connectivity index (χ0n) is 7.76. The zero-order chi connectivity index (χ0) is 9.97. The van der Waals surface area contributed by atoms with Crippen LogP contribution in [0.3, 0.4) is 0 Å². The van der Waals surface area contributed by atoms with Crippen molar-refractivity contribution in [3.63, 3.8) is 0 Å². The summed E-state index contributed by atoms with van der Waals surface area (Å²) in [6.07, 6.45) is 2.96. The Morgan fingerprint density at radius 1 is 1.57 bits per heavy atom. The van der Waals surface area contributed by atoms with Crippen LogP contribution in [0.5, 0.6) is 0 Å². The summed E-state index contributed by atoms with van der Waals surface area (Å²) < 4.78 is 0. The van der Waals surface area contributed by atoms with E-state index < -0.39 is 0 Å². The monoisotopic (exact) mass is 192 g/mol. The number of hydrogen-bond acceptors (Lipinski definition) is 4. The molecule has 1 fully saturated rings. The highest BCUT2D eigenvalue weighted by atomic mass is 16.3. The first-order valence-corrected chi connectivity index (χ1v) is 4.64. The molecule has 0 unspecified atom stereocenters. The van der Waals surface area contributed by atoms with Gasteiger partial charge in [0, 0.05) is 13.1 Å². The Bertz CT molecular complexity index is 323. The number of aromatic nitrogens is 1. The van der Waals surface area contributed by atoms with E-state index in [2.05, 4.69) is 9.88 Å². The fourth-order valence-corrected chi connectivity index (χ4v) is 1.63. The molecule has 14 heavy (non-hydrogen) atoms. The van der Waals surface area contributed by atoms with Crippen LogP contribution in [-0.2, 0) is 0 Å². The summed E-state index contributed by atoms with van der Waals surface area (Å²) in [5, 5.41) is 9.34. The quantitative estimate of drug-likeness (QED) is 0.692. The molecule has 0 aliphatic carbocycles. The fourth-order valence-electron chi connectivity index (χ4n) is 1.63. The van der Waals surface area contributed by atoms with Crippen molar-refractivity contribution in [1.29, 1.82) is 0 Å². The number of pyridine rings is 1. The van der Waals surface area contributed by atoms with Gasteiger partial charge in [-0.15, -0.1) is 0 Å². The van der Waals surface area contributed by atoms with Crippen LogP contribution in [0, 0.1) is 0 Å². The third-order valence-electron chi connectivity index (χ3n) is 2.42. The molecule has 0 radical (unpaired) electrons. The number of aliphatic hydroxyl groups excluding tert-OH is 1. The number of aldehydes is 1. The van der Waals surface area contributed by atoms with Crippen LogP contribution >= 0.6 is 0 Å². The summed E-state index contributed by atoms with van der Waals surface area (Å²) in [5.41, 5.74) is 1.40. The van der Waals surface area contributed by atoms with Gasteiger partial charge < -0.3 is 10.0 Å². The summed E-state index contributed by atoms with van der Waals surface area (Å²) in [7, 11) is 0. The summed E-state index contributed by atoms with van der Waals surface area (Å²) in [4.78, 5) is 16.4. The molecular formula is C10H12N2O2. The van der Waals surface area contributed by atoms with E-state index in [0.29, 0.717) is 12.2 Å². The molecule has 74 valence electrons. The van der Waals surface area contributed by atoms with E-state index in [1.54, 1.807) is 12.3 Å². The maximum Gasteiger partial charge on any atom is 0.168 e. The van der Waals surface area contributed by atoms with Gasteiger partial charge in [-0.1, -0.05) is 0 Å². The van der Waals surface area contributed by atoms with Crippen molar-refractivity contribution in [3.05, 3.63) is 24.0 Å². The average Bonchev–Trinajstić information content (AvgIpc) is 2.65. The molecule has 1 aromatic heterocycles. The average molecular weight is 192 g/mol. The largest absolute Gasteiger partial charge is 0.391 e. The lowest BCUT2D eigenvalue weighted by Gasteiger charge is -2.16. The van der Waals surface area contributed by atoms with Crippen molar-refractivity contribution >= 4 is 12.0 Å². The number of hydrogen-bond donors (Lipinski definition) is 1. The maximum absolute atomic E-state index is 10.4. The molecule has 0 saturated carbocycles. The number of β-amino-alcohol motifs (C(OH)–C–C–N with tert-alkyl or cyclic N) is 1. The predicted molar refractivity (Wildman–Crippen MR) is 52.5 cm³/mol. The Balaban J connectivity index is 2.13. The summed E-state index contributed by atoms with van der Waals surface area (Å²) in [6, 6.07) is 3.54. The van der Waals surface area contributed by atoms with Gasteiger partial charge in [0.1, 0.15) is 5.69 Å². The summed E-state index contributed by atoms with van der Waals surface area (Å²) in [5.74, 6) is 0. The van der Waals surface area contributed by atoms with E-state index >= 15 is 0 Å². The first-order valence-electron chi connectivity index (χ1n) is 4.64. The van der Waals surface area contributed by atoms with Crippen molar-refractivity contribution < 1.29 is 9.90 Å². The Morgan fingerprint density at radius 3 is 2.93 bits per heavy atom. The molecule has 0 bridgehead atoms. The summed E-state index contributed by atoms with van der Waals surface area (Å²) >= 11 is 0. The van der Waals surface area contributed by atoms with Crippen molar-refractivity contribution in [1.82, 2.24) is 4.98 Å². The number of carbonyl (C=O) groups excluding carboxylic acids is 1. The molecule has 0 aromatic carbocycles. The van der Waals surface area contributed by atoms with Crippen LogP contribution < -0.4 is 4.90 Å². The molecule has 1 aliphatic heterocycles. The van der Waals surface area contributed by atoms with Crippen molar-refractivity contribution in [2.75, 3.05) is 18.0 Å². The second-order valence-corrected chi connectivity index (χ2v) is 3.45. The molecular weight excluding hydrogens is 180 g/mol. The molecule has 1 aliphatic rings. The second kappa shape index (κ2) is 3.75. The summed E-state index contributed by atoms with van der Waals surface area (Å²) in [6.45, 7) is 1.51. The van der Waals surface area contributed by atoms with Crippen LogP contribution in [0.1, 0.15) is 16.9 Å². The number of nitrogens with zero attached hydrogens (tertiary/aromatic N) is 2. The number of carbonyl (C=O) groups is 1. The van der Waals surface area contributed by atoms with Crippen molar-refractivity contribution in [3.8, 4) is 0 Å². The molecule has 1 aromatic rings. The van der Waals surface area contributed by atoms with E-state index in [0.717, 1.165) is 24.9 Å². The molecule has 1 saturated heterocycles. The van der Waals surface area contributed by atoms with E-state index in [-0.39, 0.29) is 6.10 Å². The van der Waals surface area contributed by atoms with E-state index in [4.69, 9.17) is 0 Å². The fraction of sp³-hybridized carbons (Fsp3) is 0.400. The van der Waals surface area contributed by atoms with Crippen LogP contribution in [-0.4, -0.2) is 35.6 Å². The molecule has 4 heteroatoms. The number of rotatable bonds is 2. The van der Waals surface area contributed by atoms with Gasteiger partial charge in [-0.05, 0) is 18.6 Å². The molecule has 0 spiro atoms. The van der Waals surface area contributed by atoms with Gasteiger partial charge in [-0.2, -0.15) is 0 Å². The zero-order valence-corrected chi connectivity index (χ0v) is 7.76. The van der Waals surface area contributed by atoms with Gasteiger partial charge in [-0.3, -0.25) is 9.78 Å². The lowest BCUT2D eigenvalue weighted by atomic mass is 10.3. The van der Waals surface area contributed by atoms with Crippen LogP contribution in [0.2, 0.25) is 0 Å². The Labute approximate surface area is 82.2 Å². The first kappa shape index (κ1) is 9.15. The minimum Gasteiger partial charge on any atom is -0.391 e. The highest BCUT2D eigenvalue weighted by Crippen LogP contribution is 2.18. The van der Waals surface area contributed by atoms with Crippen LogP contribution in [0.25, 0.3) is 0 Å². The number of anilines is 1. The Kier molecular flexibility index (Phi) is 2.45. The van der Waals surface area contributed by atoms with Gasteiger partial charge in [0.15, 0.2) is 6.29 Å². The van der Waals surface area contributed by atoms with Crippen LogP contribution in [0.4, 0.5) is 5.69 Å². The normalized spacial score (nSPS) is 21.2. The van der Waals surface area contributed by atoms with Gasteiger partial charge in [0.25, 0.3) is 0 Å². The molecule has 2 heterocycles. The molecule has 1 atom stereocenters. The minimum atomic E-state index is -0.235. The first-order chi connectivity index (χ1) is 6.79. The molecule has 4 nitrogen and oxygen atoms in total. The van der Waals surface area contributed by atoms with E-state index in [1.165, 1.54) is 0 Å². The van der Waals surface area contributed by atoms with E-state index in [9.17, 15) is 9.90 Å². The highest BCUT2D eigenvalue weighted by molar-refractivity contribution is 5.72. The lowest BCUT2D eigenvalue weighted by molar-refractivity contribution is 0.111. The standard InChI is InChI=1S/C10H12N2O2/c13-7-8-1-2-9(5-11-8)12-4-3-10(14)6-12/h1-2,5,7,10,14H,3-4,6H2/t10-/m0/s1. The van der Waals surface area contributed by atoms with Gasteiger partial charge >= 0.3 is 0 Å². The smallest absolute Gasteiger partial charge is 0.168 e. The topological polar surface area (TPSA) is 53.4 Å². The Morgan fingerprint density at radius 2 is 2.43 bits per heavy atom. The second-order valence-electron chi connectivity index (χ2n) is 3.45. The van der Waals surface area contributed by atoms with E-state index in [1.807, 2.05) is 6.07 Å². The molecule has 1 N–H and O–H groups in total. The minimum absolute atomic E-state index is 0.235. The molecule has 2 rings (SSSR count). The van der Waals surface area contributed by atoms with Gasteiger partial charge in [0.2, 0.25) is 0 Å². The maximum atomic E-state index is 10.4. The number of aliphatic hydroxyl groups is 1. The SMILES string of the molecule is O=Cc1ccc(N2CC[C@H](O)C2)cn1. The lowest BCUT2D eigenvalue weighted by Crippen LogP contribution is -2.21. The predicted octanol–water partition coefficient (Wildman–Crippen LogP) is 0.465. The van der Waals surface area contributed by atoms with Gasteiger partial charge in [0.05, 0.1) is 18.0 Å². The van der Waals surface area contributed by atoms with Crippen molar-refractivity contribution in [2.45, 2.75) is 12.5 Å². The van der Waals surface area contributed by atoms with Crippen molar-refractivity contribution in [2.24, 2.45) is 0 Å². The molecule has 0 amide bonds.